The van der Waals surface area contributed by atoms with Gasteiger partial charge in [-0.15, -0.1) is 0 Å². The lowest BCUT2D eigenvalue weighted by Crippen LogP contribution is -2.45. The Morgan fingerprint density at radius 2 is 1.65 bits per heavy atom. The number of carbonyl (C=O) groups excluding carboxylic acids is 1. The molecule has 1 amide bonds. The monoisotopic (exact) mass is 279 g/mol. The third-order valence-corrected chi connectivity index (χ3v) is 3.00. The number of halogens is 1. The Bertz CT molecular complexity index is 443. The highest BCUT2D eigenvalue weighted by molar-refractivity contribution is 5.76. The summed E-state index contributed by atoms with van der Waals surface area (Å²) in [5.41, 5.74) is 0.946. The summed E-state index contributed by atoms with van der Waals surface area (Å²) in [6, 6.07) is 6.30. The van der Waals surface area contributed by atoms with Crippen LogP contribution in [0.2, 0.25) is 0 Å². The molecular formula is C17H26FNO. The fraction of sp³-hybridized carbons (Fsp3) is 0.588. The summed E-state index contributed by atoms with van der Waals surface area (Å²) in [5.74, 6) is -0.201. The van der Waals surface area contributed by atoms with Crippen LogP contribution in [0, 0.1) is 11.2 Å². The maximum absolute atomic E-state index is 12.8. The van der Waals surface area contributed by atoms with E-state index in [1.165, 1.54) is 12.1 Å². The van der Waals surface area contributed by atoms with Gasteiger partial charge < -0.3 is 5.32 Å². The Balaban J connectivity index is 2.45. The number of amides is 1. The highest BCUT2D eigenvalue weighted by Crippen LogP contribution is 2.26. The third kappa shape index (κ3) is 6.69. The average molecular weight is 279 g/mol. The number of hydrogen-bond donors (Lipinski definition) is 1. The van der Waals surface area contributed by atoms with Crippen molar-refractivity contribution in [3.8, 4) is 0 Å². The van der Waals surface area contributed by atoms with Crippen LogP contribution >= 0.6 is 0 Å². The molecule has 1 rings (SSSR count). The highest BCUT2D eigenvalue weighted by Gasteiger charge is 2.26. The zero-order valence-electron chi connectivity index (χ0n) is 13.2. The molecule has 2 nitrogen and oxygen atoms in total. The lowest BCUT2D eigenvalue weighted by molar-refractivity contribution is -0.122. The van der Waals surface area contributed by atoms with Gasteiger partial charge in [0.25, 0.3) is 0 Å². The smallest absolute Gasteiger partial charge is 0.220 e. The first-order valence-electron chi connectivity index (χ1n) is 7.13. The van der Waals surface area contributed by atoms with Crippen LogP contribution in [0.1, 0.15) is 53.0 Å². The third-order valence-electron chi connectivity index (χ3n) is 3.00. The fourth-order valence-electron chi connectivity index (χ4n) is 2.72. The highest BCUT2D eigenvalue weighted by atomic mass is 19.1. The molecule has 0 fully saturated rings. The topological polar surface area (TPSA) is 29.1 Å². The predicted octanol–water partition coefficient (Wildman–Crippen LogP) is 4.09. The van der Waals surface area contributed by atoms with Gasteiger partial charge in [0.2, 0.25) is 5.91 Å². The van der Waals surface area contributed by atoms with Crippen molar-refractivity contribution in [2.75, 3.05) is 0 Å². The van der Waals surface area contributed by atoms with Crippen molar-refractivity contribution in [2.45, 2.75) is 59.4 Å². The second kappa shape index (κ2) is 6.38. The number of rotatable bonds is 5. The van der Waals surface area contributed by atoms with E-state index in [1.54, 1.807) is 12.1 Å². The number of carbonyl (C=O) groups is 1. The molecule has 0 aliphatic carbocycles. The second-order valence-electron chi connectivity index (χ2n) is 7.30. The molecule has 0 saturated carbocycles. The minimum absolute atomic E-state index is 0.0450. The maximum atomic E-state index is 12.8. The van der Waals surface area contributed by atoms with Crippen molar-refractivity contribution in [1.29, 1.82) is 0 Å². The van der Waals surface area contributed by atoms with E-state index >= 15 is 0 Å². The number of benzene rings is 1. The van der Waals surface area contributed by atoms with Gasteiger partial charge in [-0.2, -0.15) is 0 Å². The molecule has 0 spiro atoms. The van der Waals surface area contributed by atoms with Crippen molar-refractivity contribution >= 4 is 5.91 Å². The van der Waals surface area contributed by atoms with Crippen LogP contribution < -0.4 is 5.32 Å². The SMILES string of the molecule is CC(C)(C)CC(C)(C)NC(=O)CCc1ccc(F)cc1. The number of aryl methyl sites for hydroxylation is 1. The molecule has 0 saturated heterocycles. The Morgan fingerprint density at radius 1 is 1.10 bits per heavy atom. The van der Waals surface area contributed by atoms with Gasteiger partial charge >= 0.3 is 0 Å². The molecule has 0 aliphatic rings. The van der Waals surface area contributed by atoms with Crippen LogP contribution in [-0.4, -0.2) is 11.4 Å². The van der Waals surface area contributed by atoms with E-state index in [1.807, 2.05) is 13.8 Å². The Kier molecular flexibility index (Phi) is 5.32. The molecule has 1 aromatic carbocycles. The maximum Gasteiger partial charge on any atom is 0.220 e. The van der Waals surface area contributed by atoms with Crippen LogP contribution in [0.5, 0.6) is 0 Å². The van der Waals surface area contributed by atoms with Crippen molar-refractivity contribution in [3.05, 3.63) is 35.6 Å². The predicted molar refractivity (Wildman–Crippen MR) is 81.0 cm³/mol. The van der Waals surface area contributed by atoms with Gasteiger partial charge in [0.05, 0.1) is 0 Å². The van der Waals surface area contributed by atoms with Crippen molar-refractivity contribution in [3.63, 3.8) is 0 Å². The molecule has 0 aliphatic heterocycles. The summed E-state index contributed by atoms with van der Waals surface area (Å²) >= 11 is 0. The largest absolute Gasteiger partial charge is 0.351 e. The van der Waals surface area contributed by atoms with E-state index in [9.17, 15) is 9.18 Å². The van der Waals surface area contributed by atoms with Gasteiger partial charge in [-0.05, 0) is 49.8 Å². The van der Waals surface area contributed by atoms with Gasteiger partial charge in [-0.1, -0.05) is 32.9 Å². The first-order chi connectivity index (χ1) is 9.07. The quantitative estimate of drug-likeness (QED) is 0.864. The molecule has 0 aromatic heterocycles. The average Bonchev–Trinajstić information content (AvgIpc) is 2.24. The van der Waals surface area contributed by atoms with Crippen LogP contribution in [-0.2, 0) is 11.2 Å². The normalized spacial score (nSPS) is 12.3. The summed E-state index contributed by atoms with van der Waals surface area (Å²) in [6.07, 6.45) is 1.99. The Labute approximate surface area is 121 Å². The van der Waals surface area contributed by atoms with Crippen molar-refractivity contribution < 1.29 is 9.18 Å². The lowest BCUT2D eigenvalue weighted by atomic mass is 9.81. The minimum atomic E-state index is -0.246. The van der Waals surface area contributed by atoms with Gasteiger partial charge in [-0.25, -0.2) is 4.39 Å². The first kappa shape index (κ1) is 16.7. The van der Waals surface area contributed by atoms with Crippen LogP contribution in [0.25, 0.3) is 0 Å². The van der Waals surface area contributed by atoms with E-state index < -0.39 is 0 Å². The zero-order chi connectivity index (χ0) is 15.4. The molecule has 0 bridgehead atoms. The van der Waals surface area contributed by atoms with Crippen molar-refractivity contribution in [1.82, 2.24) is 5.32 Å². The van der Waals surface area contributed by atoms with E-state index in [-0.39, 0.29) is 22.7 Å². The Morgan fingerprint density at radius 3 is 2.15 bits per heavy atom. The molecule has 0 radical (unpaired) electrons. The van der Waals surface area contributed by atoms with Gasteiger partial charge in [0.15, 0.2) is 0 Å². The molecule has 1 N–H and O–H groups in total. The first-order valence-corrected chi connectivity index (χ1v) is 7.13. The summed E-state index contributed by atoms with van der Waals surface area (Å²) in [4.78, 5) is 12.0. The fourth-order valence-corrected chi connectivity index (χ4v) is 2.72. The molecule has 3 heteroatoms. The molecular weight excluding hydrogens is 253 g/mol. The molecule has 0 atom stereocenters. The zero-order valence-corrected chi connectivity index (χ0v) is 13.2. The molecule has 0 unspecified atom stereocenters. The molecule has 0 heterocycles. The minimum Gasteiger partial charge on any atom is -0.351 e. The number of hydrogen-bond acceptors (Lipinski definition) is 1. The Hall–Kier alpha value is -1.38. The van der Waals surface area contributed by atoms with Gasteiger partial charge in [-0.3, -0.25) is 4.79 Å². The molecule has 112 valence electrons. The standard InChI is InChI=1S/C17H26FNO/c1-16(2,3)12-17(4,5)19-15(20)11-8-13-6-9-14(18)10-7-13/h6-7,9-10H,8,11-12H2,1-5H3,(H,19,20). The summed E-state index contributed by atoms with van der Waals surface area (Å²) < 4.78 is 12.8. The lowest BCUT2D eigenvalue weighted by Gasteiger charge is -2.33. The molecule has 1 aromatic rings. The summed E-state index contributed by atoms with van der Waals surface area (Å²) in [5, 5.41) is 3.08. The van der Waals surface area contributed by atoms with Gasteiger partial charge in [0, 0.05) is 12.0 Å². The van der Waals surface area contributed by atoms with Crippen LogP contribution in [0.15, 0.2) is 24.3 Å². The van der Waals surface area contributed by atoms with Gasteiger partial charge in [0.1, 0.15) is 5.82 Å². The van der Waals surface area contributed by atoms with Crippen molar-refractivity contribution in [2.24, 2.45) is 5.41 Å². The number of nitrogens with one attached hydrogen (secondary N) is 1. The van der Waals surface area contributed by atoms with E-state index in [0.29, 0.717) is 12.8 Å². The van der Waals surface area contributed by atoms with Crippen LogP contribution in [0.4, 0.5) is 4.39 Å². The summed E-state index contributed by atoms with van der Waals surface area (Å²) in [7, 11) is 0. The summed E-state index contributed by atoms with van der Waals surface area (Å²) in [6.45, 7) is 10.6. The van der Waals surface area contributed by atoms with Crippen LogP contribution in [0.3, 0.4) is 0 Å². The van der Waals surface area contributed by atoms with E-state index in [0.717, 1.165) is 12.0 Å². The van der Waals surface area contributed by atoms with E-state index in [2.05, 4.69) is 26.1 Å². The van der Waals surface area contributed by atoms with E-state index in [4.69, 9.17) is 0 Å². The second-order valence-corrected chi connectivity index (χ2v) is 7.30. The molecule has 20 heavy (non-hydrogen) atoms.